The van der Waals surface area contributed by atoms with Crippen molar-refractivity contribution < 1.29 is 13.9 Å². The predicted octanol–water partition coefficient (Wildman–Crippen LogP) is 3.22. The van der Waals surface area contributed by atoms with Gasteiger partial charge in [-0.05, 0) is 31.2 Å². The molecule has 1 aromatic carbocycles. The van der Waals surface area contributed by atoms with Gasteiger partial charge in [0.1, 0.15) is 22.8 Å². The first-order valence-corrected chi connectivity index (χ1v) is 12.7. The Morgan fingerprint density at radius 3 is 2.86 bits per heavy atom. The summed E-state index contributed by atoms with van der Waals surface area (Å²) in [4.78, 5) is 15.9. The number of rotatable bonds is 5. The monoisotopic (exact) mass is 525 g/mol. The molecule has 2 atom stereocenters. The first-order chi connectivity index (χ1) is 17.8. The van der Waals surface area contributed by atoms with E-state index in [0.29, 0.717) is 67.1 Å². The van der Waals surface area contributed by atoms with Gasteiger partial charge in [0.2, 0.25) is 0 Å². The molecule has 0 radical (unpaired) electrons. The van der Waals surface area contributed by atoms with Gasteiger partial charge in [-0.3, -0.25) is 4.79 Å². The summed E-state index contributed by atoms with van der Waals surface area (Å²) in [7, 11) is 3.42. The molecule has 1 aliphatic carbocycles. The van der Waals surface area contributed by atoms with Crippen molar-refractivity contribution in [2.45, 2.75) is 44.2 Å². The van der Waals surface area contributed by atoms with Crippen molar-refractivity contribution in [1.29, 1.82) is 5.41 Å². The predicted molar refractivity (Wildman–Crippen MR) is 139 cm³/mol. The first-order valence-electron chi connectivity index (χ1n) is 12.3. The number of hydrogen-bond acceptors (Lipinski definition) is 7. The van der Waals surface area contributed by atoms with Crippen molar-refractivity contribution in [3.05, 3.63) is 40.1 Å². The summed E-state index contributed by atoms with van der Waals surface area (Å²) >= 11 is 6.40. The Balaban J connectivity index is 1.56. The average molecular weight is 526 g/mol. The second-order valence-electron chi connectivity index (χ2n) is 9.75. The number of Topliss-reactive ketones (excluding diaryl/α,β-unsaturated/α-hetero) is 1. The molecule has 2 aliphatic rings. The van der Waals surface area contributed by atoms with Crippen LogP contribution in [0.4, 0.5) is 10.2 Å². The van der Waals surface area contributed by atoms with E-state index in [1.807, 2.05) is 0 Å². The Bertz CT molecular complexity index is 1440. The van der Waals surface area contributed by atoms with Crippen LogP contribution < -0.4 is 11.1 Å². The Morgan fingerprint density at radius 2 is 2.14 bits per heavy atom. The number of halogens is 2. The molecule has 9 nitrogen and oxygen atoms in total. The van der Waals surface area contributed by atoms with Gasteiger partial charge in [-0.1, -0.05) is 17.5 Å². The van der Waals surface area contributed by atoms with Gasteiger partial charge in [0.25, 0.3) is 0 Å². The lowest BCUT2D eigenvalue weighted by atomic mass is 9.82. The molecule has 3 heterocycles. The van der Waals surface area contributed by atoms with Crippen molar-refractivity contribution in [3.63, 3.8) is 0 Å². The fourth-order valence-electron chi connectivity index (χ4n) is 5.25. The summed E-state index contributed by atoms with van der Waals surface area (Å²) in [6.45, 7) is 1.21. The molecule has 2 fully saturated rings. The Kier molecular flexibility index (Phi) is 7.03. The van der Waals surface area contributed by atoms with Crippen LogP contribution in [0.5, 0.6) is 0 Å². The van der Waals surface area contributed by atoms with E-state index in [1.54, 1.807) is 29.5 Å². The van der Waals surface area contributed by atoms with E-state index in [4.69, 9.17) is 32.6 Å². The lowest BCUT2D eigenvalue weighted by molar-refractivity contribution is -0.120. The van der Waals surface area contributed by atoms with Crippen molar-refractivity contribution in [3.8, 4) is 11.8 Å². The van der Waals surface area contributed by atoms with E-state index in [1.165, 1.54) is 6.33 Å². The largest absolute Gasteiger partial charge is 0.383 e. The minimum absolute atomic E-state index is 0.0180. The van der Waals surface area contributed by atoms with E-state index >= 15 is 4.39 Å². The highest BCUT2D eigenvalue weighted by Gasteiger charge is 2.32. The Morgan fingerprint density at radius 1 is 1.38 bits per heavy atom. The molecule has 3 aromatic rings. The number of aryl methyl sites for hydroxylation is 1. The zero-order chi connectivity index (χ0) is 26.3. The summed E-state index contributed by atoms with van der Waals surface area (Å²) in [5.41, 5.74) is 8.41. The molecule has 0 amide bonds. The van der Waals surface area contributed by atoms with Gasteiger partial charge in [-0.15, -0.1) is 0 Å². The molecular formula is C26H29ClFN7O2. The molecule has 0 spiro atoms. The molecule has 5 rings (SSSR count). The van der Waals surface area contributed by atoms with Gasteiger partial charge in [0.05, 0.1) is 40.6 Å². The van der Waals surface area contributed by atoms with Gasteiger partial charge in [0, 0.05) is 51.2 Å². The zero-order valence-electron chi connectivity index (χ0n) is 20.8. The number of nitrogens with two attached hydrogens (primary N) is 1. The lowest BCUT2D eigenvalue weighted by Gasteiger charge is -2.22. The third kappa shape index (κ3) is 4.75. The number of benzene rings is 1. The van der Waals surface area contributed by atoms with Crippen molar-refractivity contribution >= 4 is 39.9 Å². The van der Waals surface area contributed by atoms with Crippen LogP contribution in [0, 0.1) is 29.0 Å². The van der Waals surface area contributed by atoms with Crippen LogP contribution in [-0.2, 0) is 16.6 Å². The Labute approximate surface area is 219 Å². The number of hydrogen-bond donors (Lipinski definition) is 3. The zero-order valence-corrected chi connectivity index (χ0v) is 21.5. The number of nitrogen functional groups attached to an aromatic ring is 1. The topological polar surface area (TPSA) is 124 Å². The maximum Gasteiger partial charge on any atom is 0.168 e. The highest BCUT2D eigenvalue weighted by molar-refractivity contribution is 6.32. The molecule has 194 valence electrons. The standard InChI is InChI=1S/C26H29ClFN7O2/c1-34-13-32-25-21(34)10-19(27)18(23(25)28)7-8-20-22(24(29)14-3-5-17(36)6-4-14)26(30)35(33-20)16-9-15(12-37-2)31-11-16/h10,13-16,29,31H,3-6,9,11-12,30H2,1-2H3/t15-,16+/m1/s1. The number of nitrogens with zero attached hydrogens (tertiary/aromatic N) is 4. The van der Waals surface area contributed by atoms with E-state index in [0.717, 1.165) is 6.42 Å². The Hall–Kier alpha value is -3.26. The normalized spacial score (nSPS) is 20.4. The summed E-state index contributed by atoms with van der Waals surface area (Å²) in [6.07, 6.45) is 4.34. The number of nitrogens with one attached hydrogen (secondary N) is 2. The summed E-state index contributed by atoms with van der Waals surface area (Å²) < 4.78 is 23.9. The number of aromatic nitrogens is 4. The number of ketones is 1. The van der Waals surface area contributed by atoms with Gasteiger partial charge in [0.15, 0.2) is 5.82 Å². The molecule has 37 heavy (non-hydrogen) atoms. The van der Waals surface area contributed by atoms with Crippen molar-refractivity contribution in [2.24, 2.45) is 13.0 Å². The van der Waals surface area contributed by atoms with E-state index in [2.05, 4.69) is 22.1 Å². The molecule has 0 bridgehead atoms. The second kappa shape index (κ2) is 10.2. The minimum Gasteiger partial charge on any atom is -0.383 e. The molecule has 4 N–H and O–H groups in total. The number of fused-ring (bicyclic) bond motifs is 1. The van der Waals surface area contributed by atoms with Gasteiger partial charge >= 0.3 is 0 Å². The lowest BCUT2D eigenvalue weighted by Crippen LogP contribution is -2.25. The van der Waals surface area contributed by atoms with Crippen LogP contribution in [0.15, 0.2) is 12.4 Å². The SMILES string of the molecule is COC[C@H]1C[C@H](n2nc(C#Cc3c(Cl)cc4c(ncn4C)c3F)c(C(=N)C3CCC(=O)CC3)c2N)CN1. The highest BCUT2D eigenvalue weighted by atomic mass is 35.5. The van der Waals surface area contributed by atoms with Crippen molar-refractivity contribution in [1.82, 2.24) is 24.6 Å². The molecule has 11 heteroatoms. The summed E-state index contributed by atoms with van der Waals surface area (Å²) in [6, 6.07) is 1.75. The van der Waals surface area contributed by atoms with Gasteiger partial charge in [-0.25, -0.2) is 14.1 Å². The first kappa shape index (κ1) is 25.4. The van der Waals surface area contributed by atoms with E-state index in [-0.39, 0.29) is 39.9 Å². The van der Waals surface area contributed by atoms with Crippen LogP contribution in [0.2, 0.25) is 5.02 Å². The molecule has 2 aromatic heterocycles. The van der Waals surface area contributed by atoms with Crippen molar-refractivity contribution in [2.75, 3.05) is 26.0 Å². The molecule has 0 unspecified atom stereocenters. The maximum atomic E-state index is 15.3. The molecule has 1 aliphatic heterocycles. The van der Waals surface area contributed by atoms with Crippen LogP contribution in [-0.4, -0.2) is 57.1 Å². The van der Waals surface area contributed by atoms with Crippen LogP contribution in [0.1, 0.15) is 55.0 Å². The third-order valence-corrected chi connectivity index (χ3v) is 7.60. The number of carbonyl (C=O) groups excluding carboxylic acids is 1. The molecular weight excluding hydrogens is 497 g/mol. The van der Waals surface area contributed by atoms with Gasteiger partial charge < -0.3 is 25.8 Å². The quantitative estimate of drug-likeness (QED) is 0.347. The summed E-state index contributed by atoms with van der Waals surface area (Å²) in [5, 5.41) is 17.3. The van der Waals surface area contributed by atoms with Crippen LogP contribution in [0.25, 0.3) is 11.0 Å². The molecule has 1 saturated carbocycles. The number of anilines is 1. The summed E-state index contributed by atoms with van der Waals surface area (Å²) in [5.74, 6) is 5.64. The smallest absolute Gasteiger partial charge is 0.168 e. The second-order valence-corrected chi connectivity index (χ2v) is 10.2. The third-order valence-electron chi connectivity index (χ3n) is 7.30. The number of imidazole rings is 1. The fourth-order valence-corrected chi connectivity index (χ4v) is 5.49. The van der Waals surface area contributed by atoms with Crippen LogP contribution in [0.3, 0.4) is 0 Å². The average Bonchev–Trinajstić information content (AvgIpc) is 3.57. The number of ether oxygens (including phenoxy) is 1. The maximum absolute atomic E-state index is 15.3. The number of methoxy groups -OCH3 is 1. The molecule has 1 saturated heterocycles. The van der Waals surface area contributed by atoms with Crippen LogP contribution >= 0.6 is 11.6 Å². The van der Waals surface area contributed by atoms with E-state index < -0.39 is 5.82 Å². The number of carbonyl (C=O) groups is 1. The van der Waals surface area contributed by atoms with Gasteiger partial charge in [-0.2, -0.15) is 5.10 Å². The highest BCUT2D eigenvalue weighted by Crippen LogP contribution is 2.32. The fraction of sp³-hybridized carbons (Fsp3) is 0.462. The minimum atomic E-state index is -0.604. The van der Waals surface area contributed by atoms with E-state index in [9.17, 15) is 4.79 Å².